The maximum absolute atomic E-state index is 12.7. The smallest absolute Gasteiger partial charge is 0.744 e. The molecule has 2 heterocycles. The van der Waals surface area contributed by atoms with Gasteiger partial charge in [-0.25, -0.2) is 8.42 Å². The number of carboxylic acids is 1. The van der Waals surface area contributed by atoms with Crippen LogP contribution in [0.1, 0.15) is 64.5 Å². The van der Waals surface area contributed by atoms with E-state index in [0.29, 0.717) is 61.1 Å². The number of hydrogen-bond donors (Lipinski definition) is 0. The van der Waals surface area contributed by atoms with Crippen molar-refractivity contribution in [2.75, 3.05) is 23.7 Å². The average Bonchev–Trinajstić information content (AvgIpc) is 3.49. The fraction of sp³-hybridized carbons (Fsp3) is 0.333. The van der Waals surface area contributed by atoms with Gasteiger partial charge in [-0.3, -0.25) is 10.1 Å². The Bertz CT molecular complexity index is 2180. The van der Waals surface area contributed by atoms with Crippen LogP contribution in [0.25, 0.3) is 10.8 Å². The first kappa shape index (κ1) is 53.3. The van der Waals surface area contributed by atoms with E-state index in [1.807, 2.05) is 80.6 Å². The Kier molecular flexibility index (Phi) is 22.2. The number of unbranched alkanes of at least 4 members (excludes halogenated alkanes) is 1. The summed E-state index contributed by atoms with van der Waals surface area (Å²) in [6.07, 6.45) is 15.3. The molecule has 0 unspecified atom stereocenters. The van der Waals surface area contributed by atoms with Crippen molar-refractivity contribution in [3.05, 3.63) is 108 Å². The van der Waals surface area contributed by atoms with Gasteiger partial charge in [0.1, 0.15) is 16.7 Å². The summed E-state index contributed by atoms with van der Waals surface area (Å²) in [5.41, 5.74) is 4.50. The van der Waals surface area contributed by atoms with E-state index in [-0.39, 0.29) is 111 Å². The van der Waals surface area contributed by atoms with Crippen molar-refractivity contribution in [1.82, 2.24) is 0 Å². The number of anilines is 1. The average molecular weight is 879 g/mol. The van der Waals surface area contributed by atoms with Crippen molar-refractivity contribution in [3.63, 3.8) is 0 Å². The van der Waals surface area contributed by atoms with Crippen molar-refractivity contribution in [1.29, 1.82) is 0 Å². The molecule has 0 spiro atoms. The summed E-state index contributed by atoms with van der Waals surface area (Å²) >= 11 is 1.41. The summed E-state index contributed by atoms with van der Waals surface area (Å²) in [4.78, 5) is 13.0. The van der Waals surface area contributed by atoms with Crippen molar-refractivity contribution in [2.45, 2.75) is 74.0 Å². The van der Waals surface area contributed by atoms with E-state index in [2.05, 4.69) is 48.1 Å². The number of aliphatic carboxylic acids is 1. The van der Waals surface area contributed by atoms with Gasteiger partial charge >= 0.3 is 88.7 Å². The van der Waals surface area contributed by atoms with Gasteiger partial charge in [-0.15, -0.1) is 0 Å². The number of para-hydroxylation sites is 1. The number of hydrogen-bond acceptors (Lipinski definition) is 14. The summed E-state index contributed by atoms with van der Waals surface area (Å²) < 4.78 is 48.9. The topological polar surface area (TPSA) is 187 Å². The van der Waals surface area contributed by atoms with E-state index in [1.165, 1.54) is 11.6 Å². The van der Waals surface area contributed by atoms with E-state index < -0.39 is 26.4 Å². The normalized spacial score (nSPS) is 16.3. The van der Waals surface area contributed by atoms with Gasteiger partial charge in [0.2, 0.25) is 5.69 Å². The van der Waals surface area contributed by atoms with Crippen LogP contribution < -0.4 is 109 Å². The van der Waals surface area contributed by atoms with Crippen molar-refractivity contribution in [2.24, 2.45) is 0 Å². The van der Waals surface area contributed by atoms with Crippen LogP contribution in [0.3, 0.4) is 0 Å². The number of allylic oxidation sites excluding steroid dienone is 8. The Hall–Kier alpha value is -0.810. The summed E-state index contributed by atoms with van der Waals surface area (Å²) in [5, 5.41) is 39.4. The van der Waals surface area contributed by atoms with Gasteiger partial charge in [0.15, 0.2) is 5.71 Å². The van der Waals surface area contributed by atoms with Gasteiger partial charge in [-0.05, 0) is 74.4 Å². The first-order chi connectivity index (χ1) is 26.2. The second-order valence-electron chi connectivity index (χ2n) is 13.9. The zero-order chi connectivity index (χ0) is 39.8. The second kappa shape index (κ2) is 24.1. The molecule has 58 heavy (non-hydrogen) atoms. The molecule has 0 saturated carbocycles. The first-order valence-electron chi connectivity index (χ1n) is 17.5. The maximum atomic E-state index is 12.7. The van der Waals surface area contributed by atoms with Crippen LogP contribution in [0.2, 0.25) is 0 Å². The predicted molar refractivity (Wildman–Crippen MR) is 203 cm³/mol. The van der Waals surface area contributed by atoms with Crippen molar-refractivity contribution < 1.29 is 145 Å². The van der Waals surface area contributed by atoms with Gasteiger partial charge < -0.3 is 29.9 Å². The summed E-state index contributed by atoms with van der Waals surface area (Å²) in [6, 6.07) is 14.5. The van der Waals surface area contributed by atoms with Crippen LogP contribution in [0, 0.1) is 0 Å². The van der Waals surface area contributed by atoms with Crippen LogP contribution in [-0.4, -0.2) is 48.1 Å². The number of carboxylic acid groups (broad SMARTS) is 1. The van der Waals surface area contributed by atoms with Gasteiger partial charge in [0, 0.05) is 81.5 Å². The fourth-order valence-electron chi connectivity index (χ4n) is 7.41. The number of rotatable bonds is 19. The quantitative estimate of drug-likeness (QED) is 0.0165. The van der Waals surface area contributed by atoms with E-state index >= 15 is 0 Å². The zero-order valence-corrected chi connectivity index (χ0v) is 42.2. The first-order valence-corrected chi connectivity index (χ1v) is 20.5. The number of carbonyl (C=O) groups is 1. The molecule has 0 amide bonds. The minimum atomic E-state index is -4.97. The number of benzene rings is 3. The Labute approximate surface area is 414 Å². The van der Waals surface area contributed by atoms with Crippen molar-refractivity contribution >= 4 is 68.0 Å². The van der Waals surface area contributed by atoms with Gasteiger partial charge in [-0.1, -0.05) is 62.4 Å². The molecule has 0 aliphatic carbocycles. The molecule has 0 fully saturated rings. The summed E-state index contributed by atoms with van der Waals surface area (Å²) in [7, 11) is -4.97. The SMILES string of the molecule is CC1(C)C(/C=C/C=C/C=C/C=C2/N(CCCC(=O)[O-])c3ccccc3C2(C)C)=[N+](CCCCSOO[O-])c2ccc3cc(SOO[O-])cc(S(=O)(=O)[O-])c3c21.[Na+].[Na+].[Na+]. The largest absolute Gasteiger partial charge is 1.00 e. The molecule has 0 N–H and O–H groups in total. The van der Waals surface area contributed by atoms with E-state index in [4.69, 9.17) is 0 Å². The number of carbonyl (C=O) groups excluding carboxylic acids is 1. The Morgan fingerprint density at radius 3 is 2.26 bits per heavy atom. The van der Waals surface area contributed by atoms with Gasteiger partial charge in [0.25, 0.3) is 0 Å². The van der Waals surface area contributed by atoms with E-state index in [9.17, 15) is 33.4 Å². The zero-order valence-electron chi connectivity index (χ0n) is 33.7. The number of nitrogens with zero attached hydrogens (tertiary/aromatic N) is 2. The molecule has 0 saturated heterocycles. The molecule has 0 atom stereocenters. The van der Waals surface area contributed by atoms with Crippen LogP contribution >= 0.6 is 24.1 Å². The van der Waals surface area contributed by atoms with Crippen LogP contribution in [-0.2, 0) is 44.5 Å². The second-order valence-corrected chi connectivity index (χ2v) is 16.8. The molecule has 3 aromatic rings. The molecule has 13 nitrogen and oxygen atoms in total. The predicted octanol–water partition coefficient (Wildman–Crippen LogP) is -4.11. The van der Waals surface area contributed by atoms with E-state index in [0.717, 1.165) is 34.8 Å². The molecule has 294 valence electrons. The molecule has 2 aliphatic heterocycles. The third-order valence-corrected chi connectivity index (χ3v) is 11.8. The third-order valence-electron chi connectivity index (χ3n) is 9.76. The molecule has 0 aromatic heterocycles. The molecule has 2 aliphatic rings. The van der Waals surface area contributed by atoms with E-state index in [1.54, 1.807) is 12.1 Å². The molecule has 5 rings (SSSR count). The monoisotopic (exact) mass is 878 g/mol. The van der Waals surface area contributed by atoms with Gasteiger partial charge in [0.05, 0.1) is 22.4 Å². The third kappa shape index (κ3) is 12.6. The molecule has 19 heteroatoms. The molecular weight excluding hydrogens is 838 g/mol. The standard InChI is InChI=1S/C39H44N2O11S3.3Na/c1-38(2)29-15-10-11-16-30(29)40(23-14-19-35(42)43)33(38)17-8-6-5-7-9-18-34-39(3,4)37-31(41(34)22-12-13-24-53-51-49-44)21-20-27-25-28(54-52-50-45)26-32(36(27)37)55(46,47)48;;;/h5-11,15-18,20-21,25-26H,12-14,19,22-24H2,1-4H3,(H3-,42,43,44,45,46,47,48);;;/q;3*+1/p-3. The van der Waals surface area contributed by atoms with Crippen LogP contribution in [0.5, 0.6) is 0 Å². The van der Waals surface area contributed by atoms with Crippen LogP contribution in [0.4, 0.5) is 11.4 Å². The minimum Gasteiger partial charge on any atom is -0.744 e. The summed E-state index contributed by atoms with van der Waals surface area (Å²) in [6.45, 7) is 9.31. The molecule has 0 bridgehead atoms. The fourth-order valence-corrected chi connectivity index (χ4v) is 9.11. The molecule has 3 aromatic carbocycles. The Morgan fingerprint density at radius 1 is 0.879 bits per heavy atom. The Balaban J connectivity index is 0.00000387. The molecule has 0 radical (unpaired) electrons. The minimum absolute atomic E-state index is 0. The maximum Gasteiger partial charge on any atom is 1.00 e. The molecular formula is C39H41N2Na3O11S3. The number of fused-ring (bicyclic) bond motifs is 4. The van der Waals surface area contributed by atoms with Gasteiger partial charge in [-0.2, -0.15) is 13.2 Å². The summed E-state index contributed by atoms with van der Waals surface area (Å²) in [5.74, 6) is -0.560. The van der Waals surface area contributed by atoms with Crippen LogP contribution in [0.15, 0.2) is 107 Å². The van der Waals surface area contributed by atoms with Crippen molar-refractivity contribution in [3.8, 4) is 0 Å². The Morgan fingerprint density at radius 2 is 1.57 bits per heavy atom.